The molecule has 1 saturated heterocycles. The molecule has 0 spiro atoms. The first kappa shape index (κ1) is 21.5. The summed E-state index contributed by atoms with van der Waals surface area (Å²) in [6.45, 7) is 2.41. The van der Waals surface area contributed by atoms with Crippen LogP contribution in [0.1, 0.15) is 30.3 Å². The maximum Gasteiger partial charge on any atom is 0.280 e. The number of piperidine rings is 1. The monoisotopic (exact) mass is 438 g/mol. The number of fused-ring (bicyclic) bond motifs is 1. The van der Waals surface area contributed by atoms with Gasteiger partial charge in [0.2, 0.25) is 5.91 Å². The molecule has 0 saturated carbocycles. The molecule has 0 bridgehead atoms. The standard InChI is InChI=1S/C23H23FN4O4/c1-14(25-21(29)20-22(30)27-18-8-4-3-7-17(18)26-20)23(31)28-12-10-15(11-13-28)32-19-9-5-2-6-16(19)24/h2-9,14-15H,10-13H2,1H3,(H,25,29)(H,27,30)/t14-/m0/s1. The molecular formula is C23H23FN4O4. The lowest BCUT2D eigenvalue weighted by Gasteiger charge is -2.33. The summed E-state index contributed by atoms with van der Waals surface area (Å²) in [7, 11) is 0. The van der Waals surface area contributed by atoms with Gasteiger partial charge in [0, 0.05) is 25.9 Å². The molecular weight excluding hydrogens is 415 g/mol. The van der Waals surface area contributed by atoms with Crippen molar-refractivity contribution in [3.05, 3.63) is 70.4 Å². The van der Waals surface area contributed by atoms with Crippen molar-refractivity contribution in [2.45, 2.75) is 31.9 Å². The maximum atomic E-state index is 13.8. The quantitative estimate of drug-likeness (QED) is 0.636. The van der Waals surface area contributed by atoms with Crippen LogP contribution in [0.25, 0.3) is 11.0 Å². The van der Waals surface area contributed by atoms with Crippen molar-refractivity contribution in [3.63, 3.8) is 0 Å². The van der Waals surface area contributed by atoms with E-state index in [-0.39, 0.29) is 23.5 Å². The van der Waals surface area contributed by atoms with Crippen LogP contribution in [0.15, 0.2) is 53.3 Å². The van der Waals surface area contributed by atoms with Crippen molar-refractivity contribution in [1.29, 1.82) is 0 Å². The van der Waals surface area contributed by atoms with E-state index in [1.165, 1.54) is 6.07 Å². The van der Waals surface area contributed by atoms with Crippen LogP contribution < -0.4 is 15.6 Å². The van der Waals surface area contributed by atoms with Gasteiger partial charge in [-0.3, -0.25) is 14.4 Å². The first-order valence-corrected chi connectivity index (χ1v) is 10.4. The van der Waals surface area contributed by atoms with Crippen molar-refractivity contribution >= 4 is 22.8 Å². The van der Waals surface area contributed by atoms with Crippen LogP contribution >= 0.6 is 0 Å². The number of H-pyrrole nitrogens is 1. The Morgan fingerprint density at radius 3 is 2.59 bits per heavy atom. The van der Waals surface area contributed by atoms with Crippen molar-refractivity contribution in [2.75, 3.05) is 13.1 Å². The number of aromatic nitrogens is 2. The number of hydrogen-bond donors (Lipinski definition) is 2. The van der Waals surface area contributed by atoms with E-state index in [0.717, 1.165) is 0 Å². The van der Waals surface area contributed by atoms with Crippen LogP contribution in [0.2, 0.25) is 0 Å². The van der Waals surface area contributed by atoms with Crippen molar-refractivity contribution in [2.24, 2.45) is 0 Å². The highest BCUT2D eigenvalue weighted by atomic mass is 19.1. The molecule has 2 aromatic carbocycles. The molecule has 2 amide bonds. The molecule has 0 radical (unpaired) electrons. The first-order valence-electron chi connectivity index (χ1n) is 10.4. The molecule has 1 aliphatic heterocycles. The molecule has 1 fully saturated rings. The molecule has 0 unspecified atom stereocenters. The highest BCUT2D eigenvalue weighted by molar-refractivity contribution is 5.96. The molecule has 32 heavy (non-hydrogen) atoms. The third kappa shape index (κ3) is 4.61. The summed E-state index contributed by atoms with van der Waals surface area (Å²) in [6.07, 6.45) is 0.903. The van der Waals surface area contributed by atoms with Gasteiger partial charge in [-0.05, 0) is 31.2 Å². The number of amides is 2. The number of para-hydroxylation sites is 3. The van der Waals surface area contributed by atoms with Gasteiger partial charge in [-0.15, -0.1) is 0 Å². The van der Waals surface area contributed by atoms with Crippen LogP contribution in [-0.2, 0) is 4.79 Å². The number of halogens is 1. The summed E-state index contributed by atoms with van der Waals surface area (Å²) >= 11 is 0. The number of benzene rings is 2. The molecule has 2 N–H and O–H groups in total. The average molecular weight is 438 g/mol. The third-order valence-electron chi connectivity index (χ3n) is 5.42. The number of nitrogens with zero attached hydrogens (tertiary/aromatic N) is 2. The Bertz CT molecular complexity index is 1200. The minimum Gasteiger partial charge on any atom is -0.487 e. The Morgan fingerprint density at radius 1 is 1.16 bits per heavy atom. The summed E-state index contributed by atoms with van der Waals surface area (Å²) in [5, 5.41) is 2.56. The number of hydrogen-bond acceptors (Lipinski definition) is 5. The third-order valence-corrected chi connectivity index (χ3v) is 5.42. The summed E-state index contributed by atoms with van der Waals surface area (Å²) < 4.78 is 19.5. The Hall–Kier alpha value is -3.75. The zero-order valence-corrected chi connectivity index (χ0v) is 17.5. The van der Waals surface area contributed by atoms with E-state index in [2.05, 4.69) is 15.3 Å². The first-order chi connectivity index (χ1) is 15.4. The van der Waals surface area contributed by atoms with Gasteiger partial charge in [-0.2, -0.15) is 0 Å². The van der Waals surface area contributed by atoms with Gasteiger partial charge < -0.3 is 19.9 Å². The summed E-state index contributed by atoms with van der Waals surface area (Å²) in [6, 6.07) is 12.3. The number of carbonyl (C=O) groups excluding carboxylic acids is 2. The second kappa shape index (κ2) is 9.17. The molecule has 4 rings (SSSR count). The zero-order chi connectivity index (χ0) is 22.7. The number of likely N-dealkylation sites (tertiary alicyclic amines) is 1. The van der Waals surface area contributed by atoms with Crippen LogP contribution in [0, 0.1) is 5.82 Å². The highest BCUT2D eigenvalue weighted by Gasteiger charge is 2.29. The largest absolute Gasteiger partial charge is 0.487 e. The topological polar surface area (TPSA) is 104 Å². The second-order valence-electron chi connectivity index (χ2n) is 7.70. The van der Waals surface area contributed by atoms with Crippen LogP contribution in [0.3, 0.4) is 0 Å². The Labute approximate surface area is 183 Å². The number of nitrogens with one attached hydrogen (secondary N) is 2. The van der Waals surface area contributed by atoms with Crippen molar-refractivity contribution < 1.29 is 18.7 Å². The van der Waals surface area contributed by atoms with E-state index in [0.29, 0.717) is 37.0 Å². The van der Waals surface area contributed by atoms with Gasteiger partial charge in [0.1, 0.15) is 12.1 Å². The van der Waals surface area contributed by atoms with E-state index in [9.17, 15) is 18.8 Å². The Kier molecular flexibility index (Phi) is 6.16. The van der Waals surface area contributed by atoms with Crippen LogP contribution in [0.4, 0.5) is 4.39 Å². The summed E-state index contributed by atoms with van der Waals surface area (Å²) in [4.78, 5) is 46.0. The fourth-order valence-electron chi connectivity index (χ4n) is 3.70. The van der Waals surface area contributed by atoms with Gasteiger partial charge in [0.05, 0.1) is 11.0 Å². The number of aromatic amines is 1. The molecule has 0 aliphatic carbocycles. The van der Waals surface area contributed by atoms with Crippen LogP contribution in [-0.4, -0.2) is 51.9 Å². The van der Waals surface area contributed by atoms with Gasteiger partial charge >= 0.3 is 0 Å². The fourth-order valence-corrected chi connectivity index (χ4v) is 3.70. The van der Waals surface area contributed by atoms with E-state index in [4.69, 9.17) is 4.74 Å². The smallest absolute Gasteiger partial charge is 0.280 e. The minimum atomic E-state index is -0.834. The Morgan fingerprint density at radius 2 is 1.84 bits per heavy atom. The second-order valence-corrected chi connectivity index (χ2v) is 7.70. The number of ether oxygens (including phenoxy) is 1. The highest BCUT2D eigenvalue weighted by Crippen LogP contribution is 2.22. The molecule has 2 heterocycles. The molecule has 8 nitrogen and oxygen atoms in total. The van der Waals surface area contributed by atoms with E-state index in [1.54, 1.807) is 54.3 Å². The van der Waals surface area contributed by atoms with Crippen LogP contribution in [0.5, 0.6) is 5.75 Å². The lowest BCUT2D eigenvalue weighted by molar-refractivity contribution is -0.134. The molecule has 1 aliphatic rings. The number of carbonyl (C=O) groups is 2. The normalized spacial score (nSPS) is 15.4. The predicted octanol–water partition coefficient (Wildman–Crippen LogP) is 2.25. The summed E-state index contributed by atoms with van der Waals surface area (Å²) in [5.41, 5.74) is 0.0964. The van der Waals surface area contributed by atoms with Gasteiger partial charge in [-0.1, -0.05) is 24.3 Å². The Balaban J connectivity index is 1.34. The minimum absolute atomic E-state index is 0.193. The summed E-state index contributed by atoms with van der Waals surface area (Å²) in [5.74, 6) is -1.19. The maximum absolute atomic E-state index is 13.8. The zero-order valence-electron chi connectivity index (χ0n) is 17.5. The molecule has 166 valence electrons. The average Bonchev–Trinajstić information content (AvgIpc) is 2.80. The molecule has 3 aromatic rings. The predicted molar refractivity (Wildman–Crippen MR) is 116 cm³/mol. The van der Waals surface area contributed by atoms with Crippen molar-refractivity contribution in [3.8, 4) is 5.75 Å². The molecule has 1 aromatic heterocycles. The lowest BCUT2D eigenvalue weighted by Crippen LogP contribution is -2.51. The van der Waals surface area contributed by atoms with E-state index >= 15 is 0 Å². The molecule has 9 heteroatoms. The molecule has 1 atom stereocenters. The van der Waals surface area contributed by atoms with Crippen molar-refractivity contribution in [1.82, 2.24) is 20.2 Å². The fraction of sp³-hybridized carbons (Fsp3) is 0.304. The van der Waals surface area contributed by atoms with Gasteiger partial charge in [0.25, 0.3) is 11.5 Å². The SMILES string of the molecule is C[C@H](NC(=O)c1nc2ccccc2[nH]c1=O)C(=O)N1CCC(Oc2ccccc2F)CC1. The lowest BCUT2D eigenvalue weighted by atomic mass is 10.1. The number of rotatable bonds is 5. The van der Waals surface area contributed by atoms with Gasteiger partial charge in [0.15, 0.2) is 17.3 Å². The van der Waals surface area contributed by atoms with Gasteiger partial charge in [-0.25, -0.2) is 9.37 Å². The van der Waals surface area contributed by atoms with E-state index < -0.39 is 23.3 Å². The van der Waals surface area contributed by atoms with E-state index in [1.807, 2.05) is 0 Å².